The highest BCUT2D eigenvalue weighted by Crippen LogP contribution is 2.44. The van der Waals surface area contributed by atoms with E-state index >= 15 is 0 Å². The van der Waals surface area contributed by atoms with E-state index in [1.165, 1.54) is 6.07 Å². The number of anilines is 1. The molecule has 5 atom stereocenters. The Bertz CT molecular complexity index is 1140. The van der Waals surface area contributed by atoms with E-state index in [1.54, 1.807) is 6.92 Å². The zero-order valence-corrected chi connectivity index (χ0v) is 22.4. The van der Waals surface area contributed by atoms with Gasteiger partial charge in [0, 0.05) is 34.2 Å². The summed E-state index contributed by atoms with van der Waals surface area (Å²) in [5.41, 5.74) is -2.59. The number of carbonyl (C=O) groups excluding carboxylic acids is 4. The first-order valence-electron chi connectivity index (χ1n) is 11.4. The highest BCUT2D eigenvalue weighted by atomic mass is 32.2. The quantitative estimate of drug-likeness (QED) is 0.174. The molecule has 1 aromatic carbocycles. The fourth-order valence-electron chi connectivity index (χ4n) is 3.69. The fraction of sp³-hybridized carbons (Fsp3) is 0.545. The van der Waals surface area contributed by atoms with Gasteiger partial charge in [0.2, 0.25) is 0 Å². The van der Waals surface area contributed by atoms with Crippen LogP contribution in [-0.2, 0) is 42.9 Å². The predicted molar refractivity (Wildman–Crippen MR) is 132 cm³/mol. The zero-order valence-electron chi connectivity index (χ0n) is 21.6. The van der Waals surface area contributed by atoms with Gasteiger partial charge < -0.3 is 29.0 Å². The van der Waals surface area contributed by atoms with E-state index in [1.807, 2.05) is 0 Å². The molecule has 1 saturated heterocycles. The Morgan fingerprint density at radius 1 is 0.872 bits per heavy atom. The third kappa shape index (κ3) is 8.51. The Morgan fingerprint density at radius 2 is 1.41 bits per heavy atom. The molecule has 1 aromatic rings. The molecule has 0 unspecified atom stereocenters. The summed E-state index contributed by atoms with van der Waals surface area (Å²) in [4.78, 5) is 68.9. The van der Waals surface area contributed by atoms with Gasteiger partial charge in [-0.3, -0.25) is 39.4 Å². The molecular weight excluding hydrogens is 546 g/mol. The topological polar surface area (TPSA) is 213 Å². The van der Waals surface area contributed by atoms with Crippen LogP contribution in [-0.4, -0.2) is 76.7 Å². The second-order valence-corrected chi connectivity index (χ2v) is 9.21. The molecule has 0 saturated carbocycles. The van der Waals surface area contributed by atoms with Crippen LogP contribution in [0.2, 0.25) is 0 Å². The molecule has 0 aliphatic carbocycles. The summed E-state index contributed by atoms with van der Waals surface area (Å²) < 4.78 is 27.0. The number of esters is 4. The van der Waals surface area contributed by atoms with Gasteiger partial charge in [0.1, 0.15) is 23.8 Å². The van der Waals surface area contributed by atoms with Crippen molar-refractivity contribution in [2.75, 3.05) is 18.5 Å². The molecule has 1 aliphatic heterocycles. The van der Waals surface area contributed by atoms with Gasteiger partial charge in [-0.2, -0.15) is 0 Å². The maximum atomic E-state index is 12.0. The van der Waals surface area contributed by atoms with Crippen molar-refractivity contribution in [3.8, 4) is 0 Å². The number of benzene rings is 1. The lowest BCUT2D eigenvalue weighted by molar-refractivity contribution is -0.395. The first kappa shape index (κ1) is 31.2. The number of nitrogens with one attached hydrogen (secondary N) is 1. The summed E-state index contributed by atoms with van der Waals surface area (Å²) in [6.45, 7) is 5.72. The molecule has 2 rings (SSSR count). The Kier molecular flexibility index (Phi) is 11.0. The smallest absolute Gasteiger partial charge is 0.303 e. The van der Waals surface area contributed by atoms with Crippen molar-refractivity contribution in [1.82, 2.24) is 0 Å². The van der Waals surface area contributed by atoms with E-state index in [2.05, 4.69) is 5.32 Å². The molecule has 1 N–H and O–H groups in total. The Hall–Kier alpha value is -3.99. The molecule has 1 heterocycles. The third-order valence-electron chi connectivity index (χ3n) is 5.03. The van der Waals surface area contributed by atoms with Crippen molar-refractivity contribution in [3.63, 3.8) is 0 Å². The first-order chi connectivity index (χ1) is 18.2. The number of hydrogen-bond acceptors (Lipinski definition) is 15. The number of nitrogens with zero attached hydrogens (tertiary/aromatic N) is 2. The maximum absolute atomic E-state index is 12.0. The van der Waals surface area contributed by atoms with Gasteiger partial charge >= 0.3 is 23.9 Å². The van der Waals surface area contributed by atoms with Gasteiger partial charge in [-0.05, 0) is 13.0 Å². The number of nitro benzene ring substituents is 2. The van der Waals surface area contributed by atoms with Crippen molar-refractivity contribution in [2.45, 2.75) is 69.4 Å². The molecule has 214 valence electrons. The summed E-state index contributed by atoms with van der Waals surface area (Å²) in [6.07, 6.45) is -5.63. The van der Waals surface area contributed by atoms with E-state index in [-0.39, 0.29) is 17.1 Å². The van der Waals surface area contributed by atoms with Gasteiger partial charge in [0.25, 0.3) is 11.4 Å². The first-order valence-corrected chi connectivity index (χ1v) is 12.3. The van der Waals surface area contributed by atoms with Gasteiger partial charge in [-0.25, -0.2) is 0 Å². The summed E-state index contributed by atoms with van der Waals surface area (Å²) in [7, 11) is 0. The molecule has 1 aliphatic rings. The lowest BCUT2D eigenvalue weighted by Gasteiger charge is -2.44. The number of carbonyl (C=O) groups is 4. The standard InChI is InChI=1S/C22H27N3O13S/c1-6-23-14-7-18(16(25(32)33)8-15(14)24(30)31)39-22-21(37-13(5)29)20(36-12(4)28)19(35-11(3)27)17(38-22)9-34-10(2)26/h7-8,17,19-23H,6,9H2,1-5H3/t17-,19+,20+,21-,22+/m1/s1. The molecule has 17 heteroatoms. The molecule has 0 aromatic heterocycles. The van der Waals surface area contributed by atoms with Crippen LogP contribution in [0.15, 0.2) is 17.0 Å². The number of rotatable bonds is 11. The molecule has 16 nitrogen and oxygen atoms in total. The van der Waals surface area contributed by atoms with Crippen molar-refractivity contribution in [1.29, 1.82) is 0 Å². The van der Waals surface area contributed by atoms with Crippen molar-refractivity contribution >= 4 is 52.7 Å². The molecule has 39 heavy (non-hydrogen) atoms. The van der Waals surface area contributed by atoms with E-state index in [0.717, 1.165) is 33.8 Å². The monoisotopic (exact) mass is 573 g/mol. The molecule has 0 bridgehead atoms. The van der Waals surface area contributed by atoms with E-state index in [4.69, 9.17) is 23.7 Å². The van der Waals surface area contributed by atoms with Crippen LogP contribution < -0.4 is 5.32 Å². The average Bonchev–Trinajstić information content (AvgIpc) is 2.80. The van der Waals surface area contributed by atoms with Crippen LogP contribution in [0.3, 0.4) is 0 Å². The number of thioether (sulfide) groups is 1. The lowest BCUT2D eigenvalue weighted by Crippen LogP contribution is -2.61. The lowest BCUT2D eigenvalue weighted by atomic mass is 9.99. The van der Waals surface area contributed by atoms with E-state index in [9.17, 15) is 39.4 Å². The number of hydrogen-bond donors (Lipinski definition) is 1. The SMILES string of the molecule is CCNc1cc(S[C@@H]2O[C@H](COC(C)=O)[C@H](OC(C)=O)[C@H](OC(C)=O)[C@H]2OC(C)=O)c([N+](=O)[O-])cc1[N+](=O)[O-]. The fourth-order valence-corrected chi connectivity index (χ4v) is 4.92. The van der Waals surface area contributed by atoms with Gasteiger partial charge in [0.05, 0.1) is 20.8 Å². The Labute approximate surface area is 225 Å². The second kappa shape index (κ2) is 13.7. The molecule has 0 amide bonds. The normalized spacial score (nSPS) is 22.2. The Morgan fingerprint density at radius 3 is 1.90 bits per heavy atom. The minimum absolute atomic E-state index is 0.0266. The van der Waals surface area contributed by atoms with E-state index in [0.29, 0.717) is 11.8 Å². The molecule has 1 fully saturated rings. The summed E-state index contributed by atoms with van der Waals surface area (Å²) in [5, 5.41) is 26.1. The second-order valence-electron chi connectivity index (χ2n) is 8.07. The highest BCUT2D eigenvalue weighted by Gasteiger charge is 2.53. The van der Waals surface area contributed by atoms with Crippen LogP contribution >= 0.6 is 11.8 Å². The van der Waals surface area contributed by atoms with Crippen LogP contribution in [0, 0.1) is 20.2 Å². The predicted octanol–water partition coefficient (Wildman–Crippen LogP) is 2.11. The largest absolute Gasteiger partial charge is 0.463 e. The van der Waals surface area contributed by atoms with Crippen LogP contribution in [0.1, 0.15) is 34.6 Å². The average molecular weight is 574 g/mol. The Balaban J connectivity index is 2.67. The minimum atomic E-state index is -1.48. The van der Waals surface area contributed by atoms with Crippen molar-refractivity contribution in [2.24, 2.45) is 0 Å². The van der Waals surface area contributed by atoms with Crippen LogP contribution in [0.5, 0.6) is 0 Å². The van der Waals surface area contributed by atoms with Crippen LogP contribution in [0.25, 0.3) is 0 Å². The summed E-state index contributed by atoms with van der Waals surface area (Å²) >= 11 is 0.644. The number of nitro groups is 2. The van der Waals surface area contributed by atoms with Crippen molar-refractivity contribution < 1.29 is 52.7 Å². The number of ether oxygens (including phenoxy) is 5. The van der Waals surface area contributed by atoms with Gasteiger partial charge in [-0.15, -0.1) is 0 Å². The minimum Gasteiger partial charge on any atom is -0.463 e. The highest BCUT2D eigenvalue weighted by molar-refractivity contribution is 8.00. The van der Waals surface area contributed by atoms with Gasteiger partial charge in [0.15, 0.2) is 18.3 Å². The van der Waals surface area contributed by atoms with Crippen molar-refractivity contribution in [3.05, 3.63) is 32.4 Å². The van der Waals surface area contributed by atoms with Crippen LogP contribution in [0.4, 0.5) is 17.1 Å². The van der Waals surface area contributed by atoms with E-state index < -0.39 is 81.6 Å². The summed E-state index contributed by atoms with van der Waals surface area (Å²) in [6, 6.07) is 1.93. The molecule has 0 radical (unpaired) electrons. The van der Waals surface area contributed by atoms with Gasteiger partial charge in [-0.1, -0.05) is 11.8 Å². The maximum Gasteiger partial charge on any atom is 0.303 e. The molecular formula is C22H27N3O13S. The summed E-state index contributed by atoms with van der Waals surface area (Å²) in [5.74, 6) is -3.22. The third-order valence-corrected chi connectivity index (χ3v) is 6.22. The zero-order chi connectivity index (χ0) is 29.4. The molecule has 0 spiro atoms.